The number of fused-ring (bicyclic) bond motifs is 3. The average Bonchev–Trinajstić information content (AvgIpc) is 3.79. The molecule has 5 heterocycles. The van der Waals surface area contributed by atoms with E-state index in [0.29, 0.717) is 30.1 Å². The van der Waals surface area contributed by atoms with Crippen molar-refractivity contribution in [3.05, 3.63) is 58.4 Å². The maximum absolute atomic E-state index is 16.6. The number of anilines is 2. The summed E-state index contributed by atoms with van der Waals surface area (Å²) in [4.78, 5) is 24.7. The quantitative estimate of drug-likeness (QED) is 0.244. The van der Waals surface area contributed by atoms with Crippen LogP contribution in [0.2, 0.25) is 0 Å². The van der Waals surface area contributed by atoms with Gasteiger partial charge in [-0.05, 0) is 36.6 Å². The van der Waals surface area contributed by atoms with Crippen molar-refractivity contribution in [1.82, 2.24) is 24.6 Å². The van der Waals surface area contributed by atoms with Crippen LogP contribution in [0.4, 0.5) is 32.8 Å². The second-order valence-electron chi connectivity index (χ2n) is 11.0. The Morgan fingerprint density at radius 1 is 1.11 bits per heavy atom. The summed E-state index contributed by atoms with van der Waals surface area (Å²) in [5.74, 6) is -2.37. The van der Waals surface area contributed by atoms with E-state index >= 15 is 4.39 Å². The number of aromatic nitrogens is 4. The molecule has 10 nitrogen and oxygen atoms in total. The molecule has 1 fully saturated rings. The molecule has 1 amide bonds. The van der Waals surface area contributed by atoms with E-state index in [0.717, 1.165) is 31.0 Å². The number of nitrogens with zero attached hydrogens (tertiary/aromatic N) is 7. The van der Waals surface area contributed by atoms with Gasteiger partial charge in [0.15, 0.2) is 11.5 Å². The van der Waals surface area contributed by atoms with Crippen molar-refractivity contribution >= 4 is 49.1 Å². The fourth-order valence-electron chi connectivity index (χ4n) is 6.15. The van der Waals surface area contributed by atoms with E-state index in [9.17, 15) is 27.6 Å². The molecule has 46 heavy (non-hydrogen) atoms. The summed E-state index contributed by atoms with van der Waals surface area (Å²) in [5.41, 5.74) is 3.45. The van der Waals surface area contributed by atoms with Crippen LogP contribution >= 0.6 is 11.3 Å². The van der Waals surface area contributed by atoms with Crippen LogP contribution < -0.4 is 15.4 Å². The molecule has 16 heteroatoms. The van der Waals surface area contributed by atoms with Gasteiger partial charge >= 0.3 is 12.2 Å². The second kappa shape index (κ2) is 10.8. The molecular weight excluding hydrogens is 631 g/mol. The van der Waals surface area contributed by atoms with Gasteiger partial charge in [-0.25, -0.2) is 8.78 Å². The van der Waals surface area contributed by atoms with Crippen molar-refractivity contribution in [2.24, 2.45) is 0 Å². The van der Waals surface area contributed by atoms with E-state index in [-0.39, 0.29) is 74.7 Å². The smallest absolute Gasteiger partial charge is 0.417 e. The molecule has 2 aliphatic heterocycles. The van der Waals surface area contributed by atoms with Crippen molar-refractivity contribution in [3.8, 4) is 23.2 Å². The van der Waals surface area contributed by atoms with E-state index in [1.165, 1.54) is 7.11 Å². The molecule has 236 valence electrons. The Morgan fingerprint density at radius 3 is 2.57 bits per heavy atom. The maximum Gasteiger partial charge on any atom is 0.417 e. The van der Waals surface area contributed by atoms with Gasteiger partial charge in [0.1, 0.15) is 28.2 Å². The van der Waals surface area contributed by atoms with Crippen molar-refractivity contribution < 1.29 is 31.5 Å². The molecule has 5 aromatic rings. The van der Waals surface area contributed by atoms with Gasteiger partial charge in [0, 0.05) is 36.0 Å². The van der Waals surface area contributed by atoms with Crippen molar-refractivity contribution in [2.75, 3.05) is 37.4 Å². The van der Waals surface area contributed by atoms with E-state index in [4.69, 9.17) is 10.5 Å². The molecule has 0 bridgehead atoms. The number of nitrogen functional groups attached to an aromatic ring is 1. The van der Waals surface area contributed by atoms with Crippen LogP contribution in [-0.2, 0) is 19.3 Å². The number of rotatable bonds is 4. The van der Waals surface area contributed by atoms with Gasteiger partial charge in [-0.15, -0.1) is 11.3 Å². The SMILES string of the molecule is COc1nc(N2CCn3nc(C(=O)N4CCCC4)cc3C2)c2cc(C(F)(F)F)c(-c3ccc(F)c4sc(N)c(C#N)c34)c(F)c2n1. The second-order valence-corrected chi connectivity index (χ2v) is 12.0. The molecule has 0 atom stereocenters. The molecule has 1 saturated heterocycles. The zero-order valence-corrected chi connectivity index (χ0v) is 24.9. The highest BCUT2D eigenvalue weighted by Crippen LogP contribution is 2.48. The highest BCUT2D eigenvalue weighted by molar-refractivity contribution is 7.23. The molecule has 2 N–H and O–H groups in total. The van der Waals surface area contributed by atoms with Gasteiger partial charge < -0.3 is 20.3 Å². The normalized spacial score (nSPS) is 15.1. The minimum absolute atomic E-state index is 0.0144. The van der Waals surface area contributed by atoms with Crippen LogP contribution in [0.1, 0.15) is 40.2 Å². The number of thiophene rings is 1. The number of carbonyl (C=O) groups is 1. The summed E-state index contributed by atoms with van der Waals surface area (Å²) in [7, 11) is 1.24. The van der Waals surface area contributed by atoms with Crippen LogP contribution in [0.5, 0.6) is 6.01 Å². The third-order valence-corrected chi connectivity index (χ3v) is 9.31. The number of halogens is 5. The number of likely N-dealkylation sites (tertiary alicyclic amines) is 1. The summed E-state index contributed by atoms with van der Waals surface area (Å²) >= 11 is 0.687. The molecule has 3 aromatic heterocycles. The summed E-state index contributed by atoms with van der Waals surface area (Å²) in [5, 5.41) is 13.6. The van der Waals surface area contributed by atoms with Gasteiger partial charge in [-0.2, -0.15) is 33.5 Å². The molecule has 0 unspecified atom stereocenters. The molecule has 0 aliphatic carbocycles. The van der Waals surface area contributed by atoms with Crippen LogP contribution in [-0.4, -0.2) is 57.3 Å². The van der Waals surface area contributed by atoms with Gasteiger partial charge in [0.2, 0.25) is 0 Å². The monoisotopic (exact) mass is 654 g/mol. The predicted molar refractivity (Wildman–Crippen MR) is 159 cm³/mol. The van der Waals surface area contributed by atoms with Crippen molar-refractivity contribution in [3.63, 3.8) is 0 Å². The first-order valence-corrected chi connectivity index (χ1v) is 15.0. The number of nitriles is 1. The Labute approximate surface area is 261 Å². The maximum atomic E-state index is 16.6. The molecule has 7 rings (SSSR count). The van der Waals surface area contributed by atoms with E-state index < -0.39 is 34.5 Å². The van der Waals surface area contributed by atoms with Crippen LogP contribution in [0.25, 0.3) is 32.1 Å². The number of hydrogen-bond donors (Lipinski definition) is 1. The van der Waals surface area contributed by atoms with Gasteiger partial charge in [0.25, 0.3) is 5.91 Å². The van der Waals surface area contributed by atoms with Crippen molar-refractivity contribution in [1.29, 1.82) is 5.26 Å². The lowest BCUT2D eigenvalue weighted by molar-refractivity contribution is -0.137. The summed E-state index contributed by atoms with van der Waals surface area (Å²) in [6.45, 7) is 1.92. The minimum atomic E-state index is -5.08. The average molecular weight is 655 g/mol. The number of methoxy groups -OCH3 is 1. The van der Waals surface area contributed by atoms with Gasteiger partial charge in [-0.3, -0.25) is 9.48 Å². The minimum Gasteiger partial charge on any atom is -0.467 e. The third-order valence-electron chi connectivity index (χ3n) is 8.29. The first kappa shape index (κ1) is 29.7. The lowest BCUT2D eigenvalue weighted by Crippen LogP contribution is -2.34. The highest BCUT2D eigenvalue weighted by atomic mass is 32.1. The topological polar surface area (TPSA) is 126 Å². The Hall–Kier alpha value is -5.04. The van der Waals surface area contributed by atoms with Crippen molar-refractivity contribution in [2.45, 2.75) is 32.1 Å². The van der Waals surface area contributed by atoms with E-state index in [1.807, 2.05) is 0 Å². The van der Waals surface area contributed by atoms with Crippen LogP contribution in [0.3, 0.4) is 0 Å². The number of amides is 1. The number of nitrogens with two attached hydrogens (primary N) is 1. The summed E-state index contributed by atoms with van der Waals surface area (Å²) in [6.07, 6.45) is -3.25. The summed E-state index contributed by atoms with van der Waals surface area (Å²) < 4.78 is 82.4. The third kappa shape index (κ3) is 4.64. The Morgan fingerprint density at radius 2 is 1.87 bits per heavy atom. The van der Waals surface area contributed by atoms with Crippen LogP contribution in [0.15, 0.2) is 24.3 Å². The highest BCUT2D eigenvalue weighted by Gasteiger charge is 2.39. The zero-order valence-electron chi connectivity index (χ0n) is 24.1. The van der Waals surface area contributed by atoms with Gasteiger partial charge in [0.05, 0.1) is 41.7 Å². The first-order chi connectivity index (χ1) is 22.0. The Bertz CT molecular complexity index is 2110. The molecule has 0 spiro atoms. The largest absolute Gasteiger partial charge is 0.467 e. The fraction of sp³-hybridized carbons (Fsp3) is 0.300. The number of carbonyl (C=O) groups excluding carboxylic acids is 1. The number of ether oxygens (including phenoxy) is 1. The van der Waals surface area contributed by atoms with E-state index in [2.05, 4.69) is 15.1 Å². The van der Waals surface area contributed by atoms with E-state index in [1.54, 1.807) is 26.6 Å². The molecule has 0 radical (unpaired) electrons. The number of hydrogen-bond acceptors (Lipinski definition) is 9. The standard InChI is InChI=1S/C30H23F5N8O2S/c1-45-29-38-24-16(27(39-29)42-8-9-43-14(13-42)10-20(40-43)28(44)41-6-2-3-7-41)11-18(30(33,34)35)22(23(24)32)15-4-5-19(31)25-21(15)17(12-36)26(37)46-25/h4-5,10-11H,2-3,6-9,13,37H2,1H3. The molecule has 2 aliphatic rings. The predicted octanol–water partition coefficient (Wildman–Crippen LogP) is 5.72. The molecule has 0 saturated carbocycles. The Kier molecular flexibility index (Phi) is 6.96. The number of alkyl halides is 3. The number of benzene rings is 2. The summed E-state index contributed by atoms with van der Waals surface area (Å²) in [6, 6.07) is 5.82. The molecular formula is C30H23F5N8O2S. The molecule has 2 aromatic carbocycles. The lowest BCUT2D eigenvalue weighted by atomic mass is 9.92. The first-order valence-electron chi connectivity index (χ1n) is 14.2. The van der Waals surface area contributed by atoms with Gasteiger partial charge in [-0.1, -0.05) is 6.07 Å². The Balaban J connectivity index is 1.40. The fourth-order valence-corrected chi connectivity index (χ4v) is 7.10. The van der Waals surface area contributed by atoms with Crippen LogP contribution in [0, 0.1) is 23.0 Å². The zero-order chi connectivity index (χ0) is 32.5. The lowest BCUT2D eigenvalue weighted by Gasteiger charge is -2.30.